The largest absolute Gasteiger partial charge is 0.378 e. The summed E-state index contributed by atoms with van der Waals surface area (Å²) in [5.74, 6) is 2.13. The van der Waals surface area contributed by atoms with Crippen LogP contribution in [0.2, 0.25) is 5.28 Å². The highest BCUT2D eigenvalue weighted by molar-refractivity contribution is 7.26. The van der Waals surface area contributed by atoms with Crippen molar-refractivity contribution in [2.45, 2.75) is 25.7 Å². The summed E-state index contributed by atoms with van der Waals surface area (Å²) in [6, 6.07) is 0. The van der Waals surface area contributed by atoms with Crippen molar-refractivity contribution in [3.63, 3.8) is 0 Å². The molecule has 30 heavy (non-hydrogen) atoms. The number of halogens is 1. The Kier molecular flexibility index (Phi) is 4.90. The van der Waals surface area contributed by atoms with Gasteiger partial charge in [-0.05, 0) is 48.4 Å². The van der Waals surface area contributed by atoms with Crippen LogP contribution in [0.3, 0.4) is 0 Å². The summed E-state index contributed by atoms with van der Waals surface area (Å²) in [5, 5.41) is 4.96. The molecule has 0 amide bonds. The Morgan fingerprint density at radius 3 is 2.40 bits per heavy atom. The van der Waals surface area contributed by atoms with E-state index >= 15 is 0 Å². The van der Waals surface area contributed by atoms with E-state index < -0.39 is 0 Å². The number of piperazine rings is 1. The van der Waals surface area contributed by atoms with Gasteiger partial charge in [-0.2, -0.15) is 4.98 Å². The van der Waals surface area contributed by atoms with E-state index in [0.717, 1.165) is 92.0 Å². The average molecular weight is 445 g/mol. The minimum Gasteiger partial charge on any atom is -0.378 e. The number of rotatable bonds is 2. The first-order valence-electron chi connectivity index (χ1n) is 10.9. The Morgan fingerprint density at radius 2 is 1.60 bits per heavy atom. The predicted molar refractivity (Wildman–Crippen MR) is 122 cm³/mol. The molecule has 7 nitrogen and oxygen atoms in total. The molecule has 3 aromatic heterocycles. The molecule has 6 rings (SSSR count). The number of ether oxygens (including phenoxy) is 1. The maximum Gasteiger partial charge on any atom is 0.224 e. The van der Waals surface area contributed by atoms with E-state index in [-0.39, 0.29) is 0 Å². The molecule has 9 heteroatoms. The fourth-order valence-corrected chi connectivity index (χ4v) is 6.32. The lowest BCUT2D eigenvalue weighted by Crippen LogP contribution is -2.44. The van der Waals surface area contributed by atoms with Gasteiger partial charge in [0, 0.05) is 44.7 Å². The first-order chi connectivity index (χ1) is 14.8. The van der Waals surface area contributed by atoms with E-state index in [1.54, 1.807) is 11.3 Å². The van der Waals surface area contributed by atoms with Gasteiger partial charge in [0.25, 0.3) is 0 Å². The van der Waals surface area contributed by atoms with Gasteiger partial charge in [-0.25, -0.2) is 9.97 Å². The van der Waals surface area contributed by atoms with Crippen LogP contribution in [-0.2, 0) is 17.6 Å². The lowest BCUT2D eigenvalue weighted by atomic mass is 9.90. The van der Waals surface area contributed by atoms with Crippen LogP contribution in [0.25, 0.3) is 20.4 Å². The molecular formula is C21H25ClN6OS. The van der Waals surface area contributed by atoms with Gasteiger partial charge in [0.05, 0.1) is 23.4 Å². The number of hydrogen-bond donors (Lipinski definition) is 1. The summed E-state index contributed by atoms with van der Waals surface area (Å²) < 4.78 is 6.71. The molecule has 0 unspecified atom stereocenters. The van der Waals surface area contributed by atoms with E-state index in [1.165, 1.54) is 29.4 Å². The van der Waals surface area contributed by atoms with Gasteiger partial charge in [0.2, 0.25) is 5.28 Å². The highest BCUT2D eigenvalue weighted by Gasteiger charge is 2.27. The zero-order chi connectivity index (χ0) is 20.1. The highest BCUT2D eigenvalue weighted by atomic mass is 35.5. The van der Waals surface area contributed by atoms with E-state index in [0.29, 0.717) is 5.28 Å². The fourth-order valence-electron chi connectivity index (χ4n) is 4.99. The quantitative estimate of drug-likeness (QED) is 0.609. The number of aryl methyl sites for hydroxylation is 1. The Labute approximate surface area is 184 Å². The number of nitrogens with one attached hydrogen (secondary N) is 1. The molecule has 0 aromatic carbocycles. The molecule has 0 atom stereocenters. The molecule has 3 aromatic rings. The molecule has 1 N–H and O–H groups in total. The number of aromatic nitrogens is 3. The maximum atomic E-state index is 6.43. The molecule has 2 saturated heterocycles. The second-order valence-corrected chi connectivity index (χ2v) is 9.55. The second kappa shape index (κ2) is 7.75. The van der Waals surface area contributed by atoms with Crippen LogP contribution in [0.1, 0.15) is 24.0 Å². The van der Waals surface area contributed by atoms with Crippen molar-refractivity contribution in [1.29, 1.82) is 0 Å². The Balaban J connectivity index is 1.59. The van der Waals surface area contributed by atoms with Gasteiger partial charge >= 0.3 is 0 Å². The lowest BCUT2D eigenvalue weighted by molar-refractivity contribution is 0.122. The minimum absolute atomic E-state index is 0.331. The monoisotopic (exact) mass is 444 g/mol. The molecule has 2 aliphatic heterocycles. The Morgan fingerprint density at radius 1 is 0.867 bits per heavy atom. The fraction of sp³-hybridized carbons (Fsp3) is 0.571. The maximum absolute atomic E-state index is 6.43. The number of nitrogens with zero attached hydrogens (tertiary/aromatic N) is 5. The number of hydrogen-bond acceptors (Lipinski definition) is 8. The molecule has 2 fully saturated rings. The minimum atomic E-state index is 0.331. The SMILES string of the molecule is Clc1nc(N2CCNCC2)c2sc3nc(N4CCOCC4)c4c(c3c2n1)CCCC4. The van der Waals surface area contributed by atoms with Gasteiger partial charge in [-0.15, -0.1) is 11.3 Å². The van der Waals surface area contributed by atoms with E-state index in [9.17, 15) is 0 Å². The van der Waals surface area contributed by atoms with Gasteiger partial charge in [0.1, 0.15) is 10.6 Å². The van der Waals surface area contributed by atoms with Crippen LogP contribution in [0.15, 0.2) is 0 Å². The van der Waals surface area contributed by atoms with Crippen LogP contribution < -0.4 is 15.1 Å². The number of fused-ring (bicyclic) bond motifs is 5. The first kappa shape index (κ1) is 19.0. The van der Waals surface area contributed by atoms with Crippen LogP contribution in [-0.4, -0.2) is 67.4 Å². The molecule has 3 aliphatic rings. The van der Waals surface area contributed by atoms with E-state index in [1.807, 2.05) is 0 Å². The lowest BCUT2D eigenvalue weighted by Gasteiger charge is -2.31. The number of pyridine rings is 1. The summed E-state index contributed by atoms with van der Waals surface area (Å²) in [6.45, 7) is 7.15. The van der Waals surface area contributed by atoms with Gasteiger partial charge < -0.3 is 19.9 Å². The standard InChI is InChI=1S/C21H25ClN6OS/c22-21-24-16-15-13-3-1-2-4-14(13)18(28-9-11-29-12-10-28)25-20(15)30-17(16)19(26-21)27-7-5-23-6-8-27/h23H,1-12H2. The van der Waals surface area contributed by atoms with Gasteiger partial charge in [-0.1, -0.05) is 0 Å². The van der Waals surface area contributed by atoms with Gasteiger partial charge in [-0.3, -0.25) is 0 Å². The van der Waals surface area contributed by atoms with Crippen LogP contribution in [0.5, 0.6) is 0 Å². The van der Waals surface area contributed by atoms with E-state index in [2.05, 4.69) is 20.1 Å². The number of morpholine rings is 1. The zero-order valence-electron chi connectivity index (χ0n) is 16.9. The predicted octanol–water partition coefficient (Wildman–Crippen LogP) is 3.02. The van der Waals surface area contributed by atoms with Crippen LogP contribution >= 0.6 is 22.9 Å². The molecule has 0 bridgehead atoms. The van der Waals surface area contributed by atoms with Crippen molar-refractivity contribution >= 4 is 55.0 Å². The number of anilines is 2. The third-order valence-electron chi connectivity index (χ3n) is 6.44. The second-order valence-electron chi connectivity index (χ2n) is 8.21. The van der Waals surface area contributed by atoms with E-state index in [4.69, 9.17) is 26.3 Å². The molecule has 158 valence electrons. The van der Waals surface area contributed by atoms with Gasteiger partial charge in [0.15, 0.2) is 5.82 Å². The first-order valence-corrected chi connectivity index (χ1v) is 12.1. The summed E-state index contributed by atoms with van der Waals surface area (Å²) in [7, 11) is 0. The molecule has 5 heterocycles. The summed E-state index contributed by atoms with van der Waals surface area (Å²) >= 11 is 8.16. The summed E-state index contributed by atoms with van der Waals surface area (Å²) in [6.07, 6.45) is 4.62. The smallest absolute Gasteiger partial charge is 0.224 e. The van der Waals surface area contributed by atoms with Crippen molar-refractivity contribution in [3.05, 3.63) is 16.4 Å². The van der Waals surface area contributed by atoms with Crippen molar-refractivity contribution < 1.29 is 4.74 Å². The molecule has 0 radical (unpaired) electrons. The summed E-state index contributed by atoms with van der Waals surface area (Å²) in [5.41, 5.74) is 3.83. The third kappa shape index (κ3) is 3.12. The highest BCUT2D eigenvalue weighted by Crippen LogP contribution is 2.44. The zero-order valence-corrected chi connectivity index (χ0v) is 18.5. The molecular weight excluding hydrogens is 420 g/mol. The summed E-state index contributed by atoms with van der Waals surface area (Å²) in [4.78, 5) is 20.4. The Hall–Kier alpha value is -1.74. The molecule has 0 spiro atoms. The third-order valence-corrected chi connectivity index (χ3v) is 7.68. The van der Waals surface area contributed by atoms with Crippen molar-refractivity contribution in [2.24, 2.45) is 0 Å². The van der Waals surface area contributed by atoms with Crippen molar-refractivity contribution in [3.8, 4) is 0 Å². The topological polar surface area (TPSA) is 66.4 Å². The van der Waals surface area contributed by atoms with Crippen molar-refractivity contribution in [2.75, 3.05) is 62.3 Å². The van der Waals surface area contributed by atoms with Crippen LogP contribution in [0.4, 0.5) is 11.6 Å². The van der Waals surface area contributed by atoms with Crippen LogP contribution in [0, 0.1) is 0 Å². The van der Waals surface area contributed by atoms with Crippen molar-refractivity contribution in [1.82, 2.24) is 20.3 Å². The Bertz CT molecular complexity index is 1110. The number of thiophene rings is 1. The molecule has 0 saturated carbocycles. The molecule has 1 aliphatic carbocycles. The normalized spacial score (nSPS) is 20.2. The average Bonchev–Trinajstić information content (AvgIpc) is 3.17.